The molecule has 19 heavy (non-hydrogen) atoms. The molecule has 1 atom stereocenters. The third-order valence-corrected chi connectivity index (χ3v) is 4.85. The van der Waals surface area contributed by atoms with Gasteiger partial charge < -0.3 is 15.4 Å². The van der Waals surface area contributed by atoms with E-state index in [1.165, 1.54) is 32.1 Å². The molecule has 6 heteroatoms. The van der Waals surface area contributed by atoms with Gasteiger partial charge >= 0.3 is 0 Å². The Hall–Kier alpha value is -0.590. The fourth-order valence-corrected chi connectivity index (χ4v) is 3.41. The molecule has 1 aliphatic rings. The summed E-state index contributed by atoms with van der Waals surface area (Å²) >= 11 is 1.92. The van der Waals surface area contributed by atoms with Gasteiger partial charge in [-0.3, -0.25) is 0 Å². The maximum absolute atomic E-state index is 9.86. The van der Waals surface area contributed by atoms with Crippen LogP contribution in [0.2, 0.25) is 0 Å². The van der Waals surface area contributed by atoms with Gasteiger partial charge in [0.1, 0.15) is 0 Å². The molecule has 1 aliphatic carbocycles. The number of hydrogen-bond donors (Lipinski definition) is 2. The molecule has 0 radical (unpaired) electrons. The predicted molar refractivity (Wildman–Crippen MR) is 75.8 cm³/mol. The Morgan fingerprint density at radius 1 is 1.42 bits per heavy atom. The normalized spacial score (nSPS) is 20.4. The van der Waals surface area contributed by atoms with Crippen molar-refractivity contribution in [2.45, 2.75) is 62.1 Å². The van der Waals surface area contributed by atoms with Crippen LogP contribution < -0.4 is 5.73 Å². The second-order valence-corrected chi connectivity index (χ2v) is 6.84. The van der Waals surface area contributed by atoms with E-state index >= 15 is 0 Å². The van der Waals surface area contributed by atoms with Crippen LogP contribution >= 0.6 is 11.8 Å². The monoisotopic (exact) mass is 285 g/mol. The molecule has 1 saturated carbocycles. The lowest BCUT2D eigenvalue weighted by atomic mass is 10.0. The maximum Gasteiger partial charge on any atom is 0.229 e. The van der Waals surface area contributed by atoms with Gasteiger partial charge in [-0.15, -0.1) is 0 Å². The number of rotatable bonds is 6. The summed E-state index contributed by atoms with van der Waals surface area (Å²) < 4.78 is 5.15. The number of aromatic nitrogens is 2. The molecule has 0 spiro atoms. The third-order valence-electron chi connectivity index (χ3n) is 3.48. The van der Waals surface area contributed by atoms with Crippen LogP contribution in [0.4, 0.5) is 0 Å². The van der Waals surface area contributed by atoms with Crippen molar-refractivity contribution in [3.63, 3.8) is 0 Å². The number of nitrogens with two attached hydrogens (primary N) is 1. The summed E-state index contributed by atoms with van der Waals surface area (Å²) in [5, 5.41) is 14.6. The molecule has 0 aliphatic heterocycles. The van der Waals surface area contributed by atoms with Crippen LogP contribution in [0, 0.1) is 0 Å². The predicted octanol–water partition coefficient (Wildman–Crippen LogP) is 1.89. The van der Waals surface area contributed by atoms with Gasteiger partial charge in [-0.05, 0) is 19.8 Å². The van der Waals surface area contributed by atoms with Crippen molar-refractivity contribution in [3.05, 3.63) is 11.7 Å². The standard InChI is InChI=1S/C13H23N3O2S/c1-13(17,9-14)7-12-15-11(16-18-12)8-19-10-5-3-2-4-6-10/h10,17H,2-9,14H2,1H3. The van der Waals surface area contributed by atoms with E-state index in [-0.39, 0.29) is 6.54 Å². The molecule has 5 nitrogen and oxygen atoms in total. The van der Waals surface area contributed by atoms with Crippen LogP contribution in [0.1, 0.15) is 50.7 Å². The minimum absolute atomic E-state index is 0.182. The summed E-state index contributed by atoms with van der Waals surface area (Å²) in [6, 6.07) is 0. The van der Waals surface area contributed by atoms with E-state index in [4.69, 9.17) is 10.3 Å². The fraction of sp³-hybridized carbons (Fsp3) is 0.846. The molecule has 0 bridgehead atoms. The first kappa shape index (κ1) is 14.8. The van der Waals surface area contributed by atoms with Gasteiger partial charge in [0.2, 0.25) is 5.89 Å². The summed E-state index contributed by atoms with van der Waals surface area (Å²) in [7, 11) is 0. The van der Waals surface area contributed by atoms with Crippen molar-refractivity contribution >= 4 is 11.8 Å². The lowest BCUT2D eigenvalue weighted by Crippen LogP contribution is -2.36. The quantitative estimate of drug-likeness (QED) is 0.830. The van der Waals surface area contributed by atoms with Crippen molar-refractivity contribution in [2.75, 3.05) is 6.54 Å². The highest BCUT2D eigenvalue weighted by molar-refractivity contribution is 7.99. The Morgan fingerprint density at radius 3 is 2.84 bits per heavy atom. The van der Waals surface area contributed by atoms with Crippen LogP contribution in [0.25, 0.3) is 0 Å². The number of hydrogen-bond acceptors (Lipinski definition) is 6. The van der Waals surface area contributed by atoms with Crippen molar-refractivity contribution in [3.8, 4) is 0 Å². The average Bonchev–Trinajstić information content (AvgIpc) is 2.84. The zero-order chi connectivity index (χ0) is 13.7. The third kappa shape index (κ3) is 4.78. The summed E-state index contributed by atoms with van der Waals surface area (Å²) in [5.41, 5.74) is 4.50. The van der Waals surface area contributed by atoms with Gasteiger partial charge in [-0.2, -0.15) is 16.7 Å². The Bertz CT molecular complexity index is 389. The first-order valence-corrected chi connectivity index (χ1v) is 7.99. The molecule has 1 fully saturated rings. The summed E-state index contributed by atoms with van der Waals surface area (Å²) in [4.78, 5) is 4.31. The highest BCUT2D eigenvalue weighted by atomic mass is 32.2. The summed E-state index contributed by atoms with van der Waals surface area (Å²) in [6.45, 7) is 1.86. The van der Waals surface area contributed by atoms with Gasteiger partial charge in [0.15, 0.2) is 5.82 Å². The van der Waals surface area contributed by atoms with Gasteiger partial charge in [-0.1, -0.05) is 24.4 Å². The fourth-order valence-electron chi connectivity index (χ4n) is 2.24. The molecule has 0 aromatic carbocycles. The molecule has 0 saturated heterocycles. The molecule has 3 N–H and O–H groups in total. The SMILES string of the molecule is CC(O)(CN)Cc1nc(CSC2CCCCC2)no1. The number of thioether (sulfide) groups is 1. The average molecular weight is 285 g/mol. The zero-order valence-electron chi connectivity index (χ0n) is 11.5. The van der Waals surface area contributed by atoms with E-state index in [2.05, 4.69) is 10.1 Å². The Kier molecular flexibility index (Phi) is 5.24. The molecule has 108 valence electrons. The molecule has 1 unspecified atom stereocenters. The molecule has 1 aromatic rings. The highest BCUT2D eigenvalue weighted by Crippen LogP contribution is 2.29. The second kappa shape index (κ2) is 6.72. The number of nitrogens with zero attached hydrogens (tertiary/aromatic N) is 2. The van der Waals surface area contributed by atoms with Gasteiger partial charge in [0, 0.05) is 11.8 Å². The van der Waals surface area contributed by atoms with E-state index in [1.807, 2.05) is 11.8 Å². The van der Waals surface area contributed by atoms with Crippen LogP contribution in [0.5, 0.6) is 0 Å². The number of aliphatic hydroxyl groups is 1. The second-order valence-electron chi connectivity index (χ2n) is 5.55. The minimum Gasteiger partial charge on any atom is -0.388 e. The van der Waals surface area contributed by atoms with Crippen LogP contribution in [-0.4, -0.2) is 32.6 Å². The summed E-state index contributed by atoms with van der Waals surface area (Å²) in [5.74, 6) is 1.98. The molecular formula is C13H23N3O2S. The lowest BCUT2D eigenvalue weighted by molar-refractivity contribution is 0.0610. The van der Waals surface area contributed by atoms with E-state index < -0.39 is 5.60 Å². The van der Waals surface area contributed by atoms with E-state index in [1.54, 1.807) is 6.92 Å². The van der Waals surface area contributed by atoms with Crippen molar-refractivity contribution < 1.29 is 9.63 Å². The molecule has 2 rings (SSSR count). The Labute approximate surface area is 118 Å². The lowest BCUT2D eigenvalue weighted by Gasteiger charge is -2.20. The van der Waals surface area contributed by atoms with Crippen molar-refractivity contribution in [2.24, 2.45) is 5.73 Å². The first-order chi connectivity index (χ1) is 9.09. The largest absolute Gasteiger partial charge is 0.388 e. The Morgan fingerprint density at radius 2 is 2.16 bits per heavy atom. The molecule has 1 heterocycles. The van der Waals surface area contributed by atoms with Gasteiger partial charge in [0.05, 0.1) is 17.8 Å². The van der Waals surface area contributed by atoms with Gasteiger partial charge in [-0.25, -0.2) is 0 Å². The maximum atomic E-state index is 9.86. The van der Waals surface area contributed by atoms with Crippen molar-refractivity contribution in [1.29, 1.82) is 0 Å². The minimum atomic E-state index is -0.972. The Balaban J connectivity index is 1.80. The van der Waals surface area contributed by atoms with E-state index in [9.17, 15) is 5.11 Å². The smallest absolute Gasteiger partial charge is 0.229 e. The highest BCUT2D eigenvalue weighted by Gasteiger charge is 2.23. The van der Waals surface area contributed by atoms with Crippen LogP contribution in [-0.2, 0) is 12.2 Å². The first-order valence-electron chi connectivity index (χ1n) is 6.94. The van der Waals surface area contributed by atoms with E-state index in [0.29, 0.717) is 12.3 Å². The molecule has 1 aromatic heterocycles. The van der Waals surface area contributed by atoms with E-state index in [0.717, 1.165) is 16.8 Å². The van der Waals surface area contributed by atoms with Gasteiger partial charge in [0.25, 0.3) is 0 Å². The van der Waals surface area contributed by atoms with Crippen LogP contribution in [0.15, 0.2) is 4.52 Å². The molecular weight excluding hydrogens is 262 g/mol. The summed E-state index contributed by atoms with van der Waals surface area (Å²) in [6.07, 6.45) is 6.97. The molecule has 0 amide bonds. The zero-order valence-corrected chi connectivity index (χ0v) is 12.3. The topological polar surface area (TPSA) is 85.2 Å². The van der Waals surface area contributed by atoms with Crippen molar-refractivity contribution in [1.82, 2.24) is 10.1 Å². The van der Waals surface area contributed by atoms with Crippen LogP contribution in [0.3, 0.4) is 0 Å².